The van der Waals surface area contributed by atoms with Gasteiger partial charge in [0.15, 0.2) is 0 Å². The molecule has 3 aromatic carbocycles. The number of aromatic nitrogens is 1. The third kappa shape index (κ3) is 7.33. The highest BCUT2D eigenvalue weighted by atomic mass is 32.2. The number of rotatable bonds is 8. The molecule has 4 aromatic rings. The van der Waals surface area contributed by atoms with Crippen LogP contribution < -0.4 is 10.1 Å². The normalized spacial score (nSPS) is 11.1. The van der Waals surface area contributed by atoms with Gasteiger partial charge in [0.25, 0.3) is 0 Å². The number of amides is 1. The lowest BCUT2D eigenvalue weighted by Crippen LogP contribution is -2.15. The first kappa shape index (κ1) is 27.6. The minimum atomic E-state index is -4.84. The minimum Gasteiger partial charge on any atom is -0.489 e. The standard InChI is InChI=1S/C28H18F5N3O2S/c29-19-5-1-17(2-6-19)15-38-22-11-3-18(4-12-22)25-13-24(28(31,32)33)23(14-34)27(36-25)39-16-26(37)35-21-9-7-20(30)8-10-21/h1-13H,15-16H2,(H,35,37). The Hall–Kier alpha value is -4.43. The van der Waals surface area contributed by atoms with Gasteiger partial charge >= 0.3 is 6.18 Å². The highest BCUT2D eigenvalue weighted by molar-refractivity contribution is 8.00. The van der Waals surface area contributed by atoms with E-state index in [0.717, 1.165) is 23.8 Å². The molecule has 0 aliphatic carbocycles. The Morgan fingerprint density at radius 2 is 1.56 bits per heavy atom. The van der Waals surface area contributed by atoms with Crippen LogP contribution >= 0.6 is 11.8 Å². The number of carbonyl (C=O) groups excluding carboxylic acids is 1. The predicted octanol–water partition coefficient (Wildman–Crippen LogP) is 7.23. The Morgan fingerprint density at radius 1 is 0.949 bits per heavy atom. The molecule has 0 unspecified atom stereocenters. The molecule has 4 rings (SSSR count). The zero-order valence-electron chi connectivity index (χ0n) is 19.9. The maximum atomic E-state index is 13.8. The number of nitrogens with zero attached hydrogens (tertiary/aromatic N) is 2. The number of anilines is 1. The van der Waals surface area contributed by atoms with Crippen molar-refractivity contribution in [2.75, 3.05) is 11.1 Å². The second kappa shape index (κ2) is 12.0. The summed E-state index contributed by atoms with van der Waals surface area (Å²) in [6, 6.07) is 19.2. The maximum absolute atomic E-state index is 13.8. The predicted molar refractivity (Wildman–Crippen MR) is 136 cm³/mol. The van der Waals surface area contributed by atoms with Gasteiger partial charge in [-0.2, -0.15) is 18.4 Å². The third-order valence-corrected chi connectivity index (χ3v) is 6.32. The van der Waals surface area contributed by atoms with Crippen LogP contribution in [0.5, 0.6) is 5.75 Å². The fourth-order valence-corrected chi connectivity index (χ4v) is 4.24. The highest BCUT2D eigenvalue weighted by Gasteiger charge is 2.36. The molecule has 0 atom stereocenters. The van der Waals surface area contributed by atoms with Crippen LogP contribution in [0.4, 0.5) is 27.6 Å². The number of benzene rings is 3. The zero-order valence-corrected chi connectivity index (χ0v) is 20.7. The third-order valence-electron chi connectivity index (χ3n) is 5.34. The number of nitrogens with one attached hydrogen (secondary N) is 1. The van der Waals surface area contributed by atoms with Crippen molar-refractivity contribution >= 4 is 23.4 Å². The van der Waals surface area contributed by atoms with Crippen molar-refractivity contribution in [2.45, 2.75) is 17.8 Å². The molecule has 198 valence electrons. The van der Waals surface area contributed by atoms with Crippen molar-refractivity contribution in [2.24, 2.45) is 0 Å². The molecular formula is C28H18F5N3O2S. The Morgan fingerprint density at radius 3 is 2.15 bits per heavy atom. The Kier molecular flexibility index (Phi) is 8.46. The summed E-state index contributed by atoms with van der Waals surface area (Å²) >= 11 is 0.680. The molecule has 5 nitrogen and oxygen atoms in total. The van der Waals surface area contributed by atoms with Gasteiger partial charge in [0.05, 0.1) is 22.6 Å². The smallest absolute Gasteiger partial charge is 0.417 e. The van der Waals surface area contributed by atoms with Gasteiger partial charge in [-0.1, -0.05) is 23.9 Å². The Bertz CT molecular complexity index is 1500. The number of thioether (sulfide) groups is 1. The van der Waals surface area contributed by atoms with Gasteiger partial charge < -0.3 is 10.1 Å². The number of alkyl halides is 3. The van der Waals surface area contributed by atoms with E-state index in [4.69, 9.17) is 4.74 Å². The van der Waals surface area contributed by atoms with Gasteiger partial charge in [0.2, 0.25) is 5.91 Å². The van der Waals surface area contributed by atoms with Gasteiger partial charge in [0.1, 0.15) is 35.1 Å². The van der Waals surface area contributed by atoms with Gasteiger partial charge in [0, 0.05) is 11.3 Å². The number of nitriles is 1. The number of pyridine rings is 1. The van der Waals surface area contributed by atoms with Gasteiger partial charge in [-0.15, -0.1) is 0 Å². The van der Waals surface area contributed by atoms with E-state index in [1.165, 1.54) is 36.4 Å². The van der Waals surface area contributed by atoms with Crippen molar-refractivity contribution in [1.29, 1.82) is 5.26 Å². The molecule has 0 saturated carbocycles. The van der Waals surface area contributed by atoms with Gasteiger partial charge in [-0.05, 0) is 72.3 Å². The molecular weight excluding hydrogens is 537 g/mol. The van der Waals surface area contributed by atoms with Crippen molar-refractivity contribution in [3.8, 4) is 23.1 Å². The molecule has 11 heteroatoms. The molecule has 1 heterocycles. The molecule has 0 saturated heterocycles. The van der Waals surface area contributed by atoms with Crippen LogP contribution in [0.15, 0.2) is 83.9 Å². The van der Waals surface area contributed by atoms with Gasteiger partial charge in [-0.3, -0.25) is 4.79 Å². The summed E-state index contributed by atoms with van der Waals surface area (Å²) in [5, 5.41) is 11.7. The van der Waals surface area contributed by atoms with E-state index in [-0.39, 0.29) is 28.9 Å². The van der Waals surface area contributed by atoms with E-state index in [0.29, 0.717) is 28.8 Å². The first-order valence-corrected chi connectivity index (χ1v) is 12.3. The summed E-state index contributed by atoms with van der Waals surface area (Å²) in [6.45, 7) is 0.160. The zero-order chi connectivity index (χ0) is 28.0. The summed E-state index contributed by atoms with van der Waals surface area (Å²) in [5.41, 5.74) is -0.543. The Balaban J connectivity index is 1.54. The molecule has 0 fully saturated rings. The average Bonchev–Trinajstić information content (AvgIpc) is 2.92. The van der Waals surface area contributed by atoms with Crippen LogP contribution in [-0.4, -0.2) is 16.6 Å². The van der Waals surface area contributed by atoms with Crippen molar-refractivity contribution in [3.63, 3.8) is 0 Å². The van der Waals surface area contributed by atoms with E-state index >= 15 is 0 Å². The molecule has 0 aliphatic rings. The first-order valence-electron chi connectivity index (χ1n) is 11.3. The molecule has 1 aromatic heterocycles. The van der Waals surface area contributed by atoms with E-state index in [2.05, 4.69) is 10.3 Å². The number of halogens is 5. The summed E-state index contributed by atoms with van der Waals surface area (Å²) in [4.78, 5) is 16.6. The van der Waals surface area contributed by atoms with E-state index in [1.54, 1.807) is 30.3 Å². The number of hydrogen-bond donors (Lipinski definition) is 1. The lowest BCUT2D eigenvalue weighted by atomic mass is 10.1. The van der Waals surface area contributed by atoms with Crippen LogP contribution in [0.2, 0.25) is 0 Å². The first-order chi connectivity index (χ1) is 18.6. The van der Waals surface area contributed by atoms with E-state index in [1.807, 2.05) is 0 Å². The van der Waals surface area contributed by atoms with Crippen molar-refractivity contribution in [3.05, 3.63) is 107 Å². The van der Waals surface area contributed by atoms with Crippen molar-refractivity contribution in [1.82, 2.24) is 4.98 Å². The number of ether oxygens (including phenoxy) is 1. The lowest BCUT2D eigenvalue weighted by Gasteiger charge is -2.14. The van der Waals surface area contributed by atoms with Gasteiger partial charge in [-0.25, -0.2) is 13.8 Å². The number of hydrogen-bond acceptors (Lipinski definition) is 5. The average molecular weight is 556 g/mol. The van der Waals surface area contributed by atoms with Crippen LogP contribution in [0.25, 0.3) is 11.3 Å². The summed E-state index contributed by atoms with van der Waals surface area (Å²) in [5.74, 6) is -1.34. The molecule has 39 heavy (non-hydrogen) atoms. The van der Waals surface area contributed by atoms with Crippen LogP contribution in [0, 0.1) is 23.0 Å². The summed E-state index contributed by atoms with van der Waals surface area (Å²) in [7, 11) is 0. The summed E-state index contributed by atoms with van der Waals surface area (Å²) in [6.07, 6.45) is -4.84. The summed E-state index contributed by atoms with van der Waals surface area (Å²) < 4.78 is 73.3. The van der Waals surface area contributed by atoms with Crippen LogP contribution in [-0.2, 0) is 17.6 Å². The lowest BCUT2D eigenvalue weighted by molar-refractivity contribution is -0.138. The topological polar surface area (TPSA) is 75.0 Å². The second-order valence-electron chi connectivity index (χ2n) is 8.13. The SMILES string of the molecule is N#Cc1c(C(F)(F)F)cc(-c2ccc(OCc3ccc(F)cc3)cc2)nc1SCC(=O)Nc1ccc(F)cc1. The molecule has 1 amide bonds. The fourth-order valence-electron chi connectivity index (χ4n) is 3.44. The van der Waals surface area contributed by atoms with E-state index in [9.17, 15) is 32.0 Å². The van der Waals surface area contributed by atoms with Crippen LogP contribution in [0.3, 0.4) is 0 Å². The largest absolute Gasteiger partial charge is 0.489 e. The second-order valence-corrected chi connectivity index (χ2v) is 9.09. The Labute approximate surface area is 224 Å². The van der Waals surface area contributed by atoms with Crippen molar-refractivity contribution < 1.29 is 31.5 Å². The fraction of sp³-hybridized carbons (Fsp3) is 0.107. The molecule has 0 radical (unpaired) electrons. The molecule has 0 bridgehead atoms. The highest BCUT2D eigenvalue weighted by Crippen LogP contribution is 2.38. The molecule has 1 N–H and O–H groups in total. The molecule has 0 aliphatic heterocycles. The maximum Gasteiger partial charge on any atom is 0.417 e. The molecule has 0 spiro atoms. The number of carbonyl (C=O) groups is 1. The van der Waals surface area contributed by atoms with Crippen LogP contribution in [0.1, 0.15) is 16.7 Å². The quantitative estimate of drug-likeness (QED) is 0.183. The monoisotopic (exact) mass is 555 g/mol. The van der Waals surface area contributed by atoms with E-state index < -0.39 is 29.0 Å². The minimum absolute atomic E-state index is 0.0483.